The van der Waals surface area contributed by atoms with Crippen molar-refractivity contribution < 1.29 is 9.26 Å². The molecule has 0 bridgehead atoms. The minimum Gasteiger partial charge on any atom is -0.496 e. The molecule has 5 nitrogen and oxygen atoms in total. The number of halogens is 1. The molecule has 1 atom stereocenters. The van der Waals surface area contributed by atoms with E-state index in [1.54, 1.807) is 14.0 Å². The van der Waals surface area contributed by atoms with Crippen LogP contribution in [0.1, 0.15) is 18.8 Å². The molecule has 0 fully saturated rings. The van der Waals surface area contributed by atoms with Gasteiger partial charge < -0.3 is 15.0 Å². The highest BCUT2D eigenvalue weighted by molar-refractivity contribution is 9.10. The van der Waals surface area contributed by atoms with Crippen LogP contribution in [0.5, 0.6) is 5.75 Å². The Morgan fingerprint density at radius 1 is 1.47 bits per heavy atom. The van der Waals surface area contributed by atoms with Crippen LogP contribution in [0, 0.1) is 0 Å². The monoisotopic (exact) mass is 297 g/mol. The van der Waals surface area contributed by atoms with Gasteiger partial charge in [0.05, 0.1) is 18.7 Å². The van der Waals surface area contributed by atoms with Crippen LogP contribution in [-0.2, 0) is 0 Å². The lowest BCUT2D eigenvalue weighted by Gasteiger charge is -2.04. The van der Waals surface area contributed by atoms with Crippen LogP contribution in [-0.4, -0.2) is 17.3 Å². The molecule has 2 aromatic rings. The Bertz CT molecular complexity index is 525. The number of nitrogens with zero attached hydrogens (tertiary/aromatic N) is 2. The third kappa shape index (κ3) is 2.48. The van der Waals surface area contributed by atoms with Gasteiger partial charge in [-0.25, -0.2) is 0 Å². The van der Waals surface area contributed by atoms with E-state index in [0.29, 0.717) is 17.5 Å². The van der Waals surface area contributed by atoms with Gasteiger partial charge in [0.1, 0.15) is 5.75 Å². The second-order valence-corrected chi connectivity index (χ2v) is 4.51. The fourth-order valence-corrected chi connectivity index (χ4v) is 1.71. The molecule has 0 aliphatic heterocycles. The van der Waals surface area contributed by atoms with E-state index in [-0.39, 0.29) is 6.04 Å². The average Bonchev–Trinajstić information content (AvgIpc) is 2.78. The zero-order valence-electron chi connectivity index (χ0n) is 9.48. The van der Waals surface area contributed by atoms with Crippen molar-refractivity contribution >= 4 is 15.9 Å². The molecule has 0 saturated carbocycles. The van der Waals surface area contributed by atoms with Crippen molar-refractivity contribution in [2.75, 3.05) is 7.11 Å². The maximum Gasteiger partial charge on any atom is 0.261 e. The van der Waals surface area contributed by atoms with Gasteiger partial charge in [-0.15, -0.1) is 0 Å². The maximum atomic E-state index is 5.68. The molecule has 1 aromatic carbocycles. The first kappa shape index (κ1) is 12.1. The largest absolute Gasteiger partial charge is 0.496 e. The maximum absolute atomic E-state index is 5.68. The van der Waals surface area contributed by atoms with E-state index < -0.39 is 0 Å². The predicted molar refractivity (Wildman–Crippen MR) is 66.6 cm³/mol. The van der Waals surface area contributed by atoms with Crippen molar-refractivity contribution in [3.05, 3.63) is 28.5 Å². The molecule has 1 heterocycles. The first-order chi connectivity index (χ1) is 8.11. The zero-order valence-corrected chi connectivity index (χ0v) is 11.1. The topological polar surface area (TPSA) is 74.2 Å². The minimum atomic E-state index is -0.256. The van der Waals surface area contributed by atoms with Crippen LogP contribution >= 0.6 is 15.9 Å². The molecule has 0 saturated heterocycles. The van der Waals surface area contributed by atoms with Crippen molar-refractivity contribution in [3.63, 3.8) is 0 Å². The van der Waals surface area contributed by atoms with E-state index >= 15 is 0 Å². The highest BCUT2D eigenvalue weighted by Gasteiger charge is 2.15. The lowest BCUT2D eigenvalue weighted by atomic mass is 10.2. The standard InChI is InChI=1S/C11H12BrN3O2/c1-6(13)10-14-11(17-15-10)8-4-3-7(12)5-9(8)16-2/h3-6H,13H2,1-2H3. The second kappa shape index (κ2) is 4.85. The molecule has 2 rings (SSSR count). The Morgan fingerprint density at radius 2 is 2.24 bits per heavy atom. The minimum absolute atomic E-state index is 0.256. The quantitative estimate of drug-likeness (QED) is 0.942. The molecule has 0 radical (unpaired) electrons. The summed E-state index contributed by atoms with van der Waals surface area (Å²) in [5, 5.41) is 3.81. The first-order valence-corrected chi connectivity index (χ1v) is 5.84. The average molecular weight is 298 g/mol. The number of rotatable bonds is 3. The molecule has 0 spiro atoms. The Labute approximate surface area is 107 Å². The van der Waals surface area contributed by atoms with Gasteiger partial charge in [0.2, 0.25) is 0 Å². The van der Waals surface area contributed by atoms with Crippen LogP contribution < -0.4 is 10.5 Å². The van der Waals surface area contributed by atoms with E-state index in [1.807, 2.05) is 18.2 Å². The molecular formula is C11H12BrN3O2. The number of hydrogen-bond donors (Lipinski definition) is 1. The number of nitrogens with two attached hydrogens (primary N) is 1. The van der Waals surface area contributed by atoms with Crippen molar-refractivity contribution in [2.24, 2.45) is 5.73 Å². The van der Waals surface area contributed by atoms with Gasteiger partial charge in [0.25, 0.3) is 5.89 Å². The Balaban J connectivity index is 2.44. The van der Waals surface area contributed by atoms with E-state index in [1.165, 1.54) is 0 Å². The normalized spacial score (nSPS) is 12.5. The third-order valence-corrected chi connectivity index (χ3v) is 2.74. The van der Waals surface area contributed by atoms with Gasteiger partial charge in [0, 0.05) is 4.47 Å². The summed E-state index contributed by atoms with van der Waals surface area (Å²) in [7, 11) is 1.59. The van der Waals surface area contributed by atoms with Gasteiger partial charge in [-0.1, -0.05) is 21.1 Å². The Morgan fingerprint density at radius 3 is 2.82 bits per heavy atom. The van der Waals surface area contributed by atoms with Gasteiger partial charge in [0.15, 0.2) is 5.82 Å². The number of aromatic nitrogens is 2. The van der Waals surface area contributed by atoms with Crippen molar-refractivity contribution in [1.29, 1.82) is 0 Å². The lowest BCUT2D eigenvalue weighted by molar-refractivity contribution is 0.401. The smallest absolute Gasteiger partial charge is 0.261 e. The van der Waals surface area contributed by atoms with Crippen molar-refractivity contribution in [3.8, 4) is 17.2 Å². The second-order valence-electron chi connectivity index (χ2n) is 3.59. The van der Waals surface area contributed by atoms with Crippen LogP contribution in [0.2, 0.25) is 0 Å². The van der Waals surface area contributed by atoms with Crippen LogP contribution in [0.25, 0.3) is 11.5 Å². The van der Waals surface area contributed by atoms with Crippen molar-refractivity contribution in [1.82, 2.24) is 10.1 Å². The molecule has 0 amide bonds. The van der Waals surface area contributed by atoms with E-state index in [2.05, 4.69) is 26.1 Å². The fourth-order valence-electron chi connectivity index (χ4n) is 1.37. The summed E-state index contributed by atoms with van der Waals surface area (Å²) in [5.74, 6) is 1.55. The summed E-state index contributed by atoms with van der Waals surface area (Å²) in [6.07, 6.45) is 0. The SMILES string of the molecule is COc1cc(Br)ccc1-c1nc(C(C)N)no1. The Kier molecular flexibility index (Phi) is 3.44. The van der Waals surface area contributed by atoms with Gasteiger partial charge in [-0.2, -0.15) is 4.98 Å². The molecule has 0 aliphatic rings. The molecule has 1 unspecified atom stereocenters. The van der Waals surface area contributed by atoms with Crippen LogP contribution in [0.4, 0.5) is 0 Å². The van der Waals surface area contributed by atoms with Crippen LogP contribution in [0.3, 0.4) is 0 Å². The molecule has 6 heteroatoms. The summed E-state index contributed by atoms with van der Waals surface area (Å²) in [4.78, 5) is 4.22. The van der Waals surface area contributed by atoms with Gasteiger partial charge >= 0.3 is 0 Å². The number of hydrogen-bond acceptors (Lipinski definition) is 5. The molecule has 1 aromatic heterocycles. The Hall–Kier alpha value is -1.40. The fraction of sp³-hybridized carbons (Fsp3) is 0.273. The van der Waals surface area contributed by atoms with Gasteiger partial charge in [-0.05, 0) is 25.1 Å². The van der Waals surface area contributed by atoms with E-state index in [0.717, 1.165) is 10.0 Å². The summed E-state index contributed by atoms with van der Waals surface area (Å²) in [6, 6.07) is 5.31. The number of ether oxygens (including phenoxy) is 1. The summed E-state index contributed by atoms with van der Waals surface area (Å²) < 4.78 is 11.3. The van der Waals surface area contributed by atoms with Gasteiger partial charge in [-0.3, -0.25) is 0 Å². The van der Waals surface area contributed by atoms with Crippen LogP contribution in [0.15, 0.2) is 27.2 Å². The molecule has 2 N–H and O–H groups in total. The zero-order chi connectivity index (χ0) is 12.4. The van der Waals surface area contributed by atoms with Crippen molar-refractivity contribution in [2.45, 2.75) is 13.0 Å². The third-order valence-electron chi connectivity index (χ3n) is 2.24. The summed E-state index contributed by atoms with van der Waals surface area (Å²) in [5.41, 5.74) is 6.42. The lowest BCUT2D eigenvalue weighted by Crippen LogP contribution is -2.06. The molecule has 0 aliphatic carbocycles. The first-order valence-electron chi connectivity index (χ1n) is 5.05. The predicted octanol–water partition coefficient (Wildman–Crippen LogP) is 2.53. The van der Waals surface area contributed by atoms with E-state index in [4.69, 9.17) is 15.0 Å². The highest BCUT2D eigenvalue weighted by Crippen LogP contribution is 2.31. The number of methoxy groups -OCH3 is 1. The summed E-state index contributed by atoms with van der Waals surface area (Å²) >= 11 is 3.37. The molecular weight excluding hydrogens is 286 g/mol. The molecule has 17 heavy (non-hydrogen) atoms. The molecule has 90 valence electrons. The summed E-state index contributed by atoms with van der Waals surface area (Å²) in [6.45, 7) is 1.80. The highest BCUT2D eigenvalue weighted by atomic mass is 79.9. The number of benzene rings is 1. The van der Waals surface area contributed by atoms with E-state index in [9.17, 15) is 0 Å².